The highest BCUT2D eigenvalue weighted by molar-refractivity contribution is 8.00. The predicted molar refractivity (Wildman–Crippen MR) is 129 cm³/mol. The van der Waals surface area contributed by atoms with E-state index in [9.17, 15) is 9.18 Å². The average molecular weight is 468 g/mol. The molecule has 1 aromatic heterocycles. The molecular formula is C25H30FN5OS. The summed E-state index contributed by atoms with van der Waals surface area (Å²) in [5, 5.41) is 9.24. The summed E-state index contributed by atoms with van der Waals surface area (Å²) in [6.45, 7) is 4.18. The smallest absolute Gasteiger partial charge is 0.240 e. The second-order valence-corrected chi connectivity index (χ2v) is 9.64. The van der Waals surface area contributed by atoms with Crippen molar-refractivity contribution in [1.29, 1.82) is 0 Å². The number of hydrogen-bond acceptors (Lipinski definition) is 5. The predicted octanol–water partition coefficient (Wildman–Crippen LogP) is 4.87. The largest absolute Gasteiger partial charge is 0.348 e. The maximum Gasteiger partial charge on any atom is 0.240 e. The molecule has 2 atom stereocenters. The molecule has 0 saturated carbocycles. The molecule has 2 aromatic carbocycles. The van der Waals surface area contributed by atoms with Crippen LogP contribution in [-0.2, 0) is 4.79 Å². The number of carbonyl (C=O) groups is 1. The van der Waals surface area contributed by atoms with Gasteiger partial charge in [-0.2, -0.15) is 0 Å². The number of nitrogens with zero attached hydrogens (tertiary/aromatic N) is 5. The first-order chi connectivity index (χ1) is 16.0. The summed E-state index contributed by atoms with van der Waals surface area (Å²) in [6, 6.07) is 16.1. The van der Waals surface area contributed by atoms with Crippen LogP contribution in [0, 0.1) is 5.82 Å². The summed E-state index contributed by atoms with van der Waals surface area (Å²) < 4.78 is 15.7. The molecule has 0 aliphatic carbocycles. The molecule has 1 saturated heterocycles. The number of carbonyl (C=O) groups excluding carboxylic acids is 1. The maximum absolute atomic E-state index is 13.7. The fraction of sp³-hybridized carbons (Fsp3) is 0.400. The van der Waals surface area contributed by atoms with Gasteiger partial charge in [-0.15, -0.1) is 10.2 Å². The molecule has 174 valence electrons. The number of rotatable bonds is 7. The fourth-order valence-corrected chi connectivity index (χ4v) is 5.37. The number of likely N-dealkylation sites (tertiary alicyclic amines) is 1. The van der Waals surface area contributed by atoms with Gasteiger partial charge in [0.05, 0.1) is 6.04 Å². The van der Waals surface area contributed by atoms with Gasteiger partial charge in [0.1, 0.15) is 11.1 Å². The molecule has 0 bridgehead atoms. The van der Waals surface area contributed by atoms with Crippen LogP contribution in [0.3, 0.4) is 0 Å². The van der Waals surface area contributed by atoms with Crippen LogP contribution in [-0.4, -0.2) is 57.7 Å². The molecule has 0 radical (unpaired) electrons. The van der Waals surface area contributed by atoms with Gasteiger partial charge in [0.15, 0.2) is 11.0 Å². The Morgan fingerprint density at radius 3 is 2.30 bits per heavy atom. The number of piperidine rings is 1. The van der Waals surface area contributed by atoms with Crippen LogP contribution in [0.1, 0.15) is 48.9 Å². The third-order valence-corrected chi connectivity index (χ3v) is 7.23. The van der Waals surface area contributed by atoms with E-state index in [-0.39, 0.29) is 17.8 Å². The second kappa shape index (κ2) is 10.5. The normalized spacial score (nSPS) is 16.4. The summed E-state index contributed by atoms with van der Waals surface area (Å²) >= 11 is 1.37. The van der Waals surface area contributed by atoms with Gasteiger partial charge in [0, 0.05) is 19.8 Å². The number of amides is 1. The third-order valence-electron chi connectivity index (χ3n) is 6.05. The van der Waals surface area contributed by atoms with Gasteiger partial charge in [-0.1, -0.05) is 48.5 Å². The highest BCUT2D eigenvalue weighted by atomic mass is 32.2. The Morgan fingerprint density at radius 2 is 1.67 bits per heavy atom. The summed E-state index contributed by atoms with van der Waals surface area (Å²) in [4.78, 5) is 17.1. The highest BCUT2D eigenvalue weighted by Crippen LogP contribution is 2.38. The Balaban J connectivity index is 1.76. The van der Waals surface area contributed by atoms with E-state index in [1.807, 2.05) is 34.9 Å². The van der Waals surface area contributed by atoms with Crippen molar-refractivity contribution in [3.05, 3.63) is 71.8 Å². The molecule has 2 heterocycles. The summed E-state index contributed by atoms with van der Waals surface area (Å²) in [6.07, 6.45) is 3.59. The first-order valence-electron chi connectivity index (χ1n) is 11.3. The number of benzene rings is 2. The molecule has 3 aromatic rings. The minimum Gasteiger partial charge on any atom is -0.348 e. The van der Waals surface area contributed by atoms with E-state index in [2.05, 4.69) is 22.0 Å². The zero-order valence-electron chi connectivity index (χ0n) is 19.3. The lowest BCUT2D eigenvalue weighted by Gasteiger charge is -2.32. The molecule has 0 N–H and O–H groups in total. The fourth-order valence-electron chi connectivity index (χ4n) is 4.16. The Morgan fingerprint density at radius 1 is 1.00 bits per heavy atom. The number of likely N-dealkylation sites (N-methyl/N-ethyl adjacent to an activating group) is 1. The minimum absolute atomic E-state index is 0.0227. The molecule has 1 fully saturated rings. The van der Waals surface area contributed by atoms with E-state index in [1.165, 1.54) is 43.2 Å². The summed E-state index contributed by atoms with van der Waals surface area (Å²) in [7, 11) is 3.51. The van der Waals surface area contributed by atoms with Crippen molar-refractivity contribution >= 4 is 17.7 Å². The van der Waals surface area contributed by atoms with Crippen LogP contribution in [0.15, 0.2) is 59.8 Å². The van der Waals surface area contributed by atoms with Crippen LogP contribution in [0.25, 0.3) is 5.69 Å². The molecule has 1 aliphatic rings. The van der Waals surface area contributed by atoms with E-state index in [0.29, 0.717) is 5.16 Å². The van der Waals surface area contributed by atoms with Crippen molar-refractivity contribution in [3.63, 3.8) is 0 Å². The van der Waals surface area contributed by atoms with Gasteiger partial charge in [-0.3, -0.25) is 14.3 Å². The maximum atomic E-state index is 13.7. The molecule has 1 amide bonds. The molecule has 0 spiro atoms. The van der Waals surface area contributed by atoms with Gasteiger partial charge in [0.2, 0.25) is 5.91 Å². The molecule has 4 rings (SSSR count). The molecule has 1 aliphatic heterocycles. The van der Waals surface area contributed by atoms with Gasteiger partial charge in [-0.05, 0) is 62.7 Å². The molecule has 6 nitrogen and oxygen atoms in total. The van der Waals surface area contributed by atoms with Crippen LogP contribution in [0.5, 0.6) is 0 Å². The number of hydrogen-bond donors (Lipinski definition) is 0. The quantitative estimate of drug-likeness (QED) is 0.464. The van der Waals surface area contributed by atoms with Crippen molar-refractivity contribution < 1.29 is 9.18 Å². The van der Waals surface area contributed by atoms with Gasteiger partial charge < -0.3 is 4.90 Å². The summed E-state index contributed by atoms with van der Waals surface area (Å²) in [5.41, 5.74) is 1.69. The van der Waals surface area contributed by atoms with E-state index in [0.717, 1.165) is 30.2 Å². The third kappa shape index (κ3) is 5.28. The van der Waals surface area contributed by atoms with Crippen molar-refractivity contribution in [3.8, 4) is 5.69 Å². The number of aromatic nitrogens is 3. The lowest BCUT2D eigenvalue weighted by atomic mass is 10.1. The number of halogens is 1. The molecule has 33 heavy (non-hydrogen) atoms. The topological polar surface area (TPSA) is 54.3 Å². The lowest BCUT2D eigenvalue weighted by Crippen LogP contribution is -2.33. The monoisotopic (exact) mass is 467 g/mol. The second-order valence-electron chi connectivity index (χ2n) is 8.57. The van der Waals surface area contributed by atoms with Gasteiger partial charge >= 0.3 is 0 Å². The van der Waals surface area contributed by atoms with Crippen LogP contribution in [0.2, 0.25) is 0 Å². The van der Waals surface area contributed by atoms with Crippen LogP contribution in [0.4, 0.5) is 4.39 Å². The van der Waals surface area contributed by atoms with E-state index in [4.69, 9.17) is 0 Å². The van der Waals surface area contributed by atoms with Gasteiger partial charge in [0.25, 0.3) is 0 Å². The average Bonchev–Trinajstić information content (AvgIpc) is 3.26. The zero-order valence-corrected chi connectivity index (χ0v) is 20.1. The van der Waals surface area contributed by atoms with Crippen LogP contribution >= 0.6 is 11.8 Å². The molecule has 8 heteroatoms. The van der Waals surface area contributed by atoms with Crippen molar-refractivity contribution in [2.45, 2.75) is 42.6 Å². The van der Waals surface area contributed by atoms with E-state index in [1.54, 1.807) is 31.1 Å². The first kappa shape index (κ1) is 23.4. The Hall–Kier alpha value is -2.71. The first-order valence-corrected chi connectivity index (χ1v) is 12.2. The lowest BCUT2D eigenvalue weighted by molar-refractivity contribution is -0.128. The van der Waals surface area contributed by atoms with Gasteiger partial charge in [-0.25, -0.2) is 4.39 Å². The minimum atomic E-state index is -0.470. The molecule has 2 unspecified atom stereocenters. The Kier molecular flexibility index (Phi) is 7.45. The van der Waals surface area contributed by atoms with Crippen LogP contribution < -0.4 is 0 Å². The SMILES string of the molecule is CC(c1nnc(SC(C(=O)N(C)C)c2ccccc2)n1-c1ccc(F)cc1)N1CCCCC1. The van der Waals surface area contributed by atoms with Crippen molar-refractivity contribution in [2.24, 2.45) is 0 Å². The van der Waals surface area contributed by atoms with Crippen molar-refractivity contribution in [2.75, 3.05) is 27.2 Å². The Labute approximate surface area is 198 Å². The van der Waals surface area contributed by atoms with Crippen molar-refractivity contribution in [1.82, 2.24) is 24.6 Å². The summed E-state index contributed by atoms with van der Waals surface area (Å²) in [5.74, 6) is 0.484. The highest BCUT2D eigenvalue weighted by Gasteiger charge is 2.30. The molecular weight excluding hydrogens is 437 g/mol. The Bertz CT molecular complexity index is 1060. The van der Waals surface area contributed by atoms with E-state index >= 15 is 0 Å². The van der Waals surface area contributed by atoms with E-state index < -0.39 is 5.25 Å². The number of thioether (sulfide) groups is 1. The standard InChI is InChI=1S/C25H30FN5OS/c1-18(30-16-8-5-9-17-30)23-27-28-25(31(23)21-14-12-20(26)13-15-21)33-22(24(32)29(2)3)19-10-6-4-7-11-19/h4,6-7,10-15,18,22H,5,8-9,16-17H2,1-3H3. The zero-order chi connectivity index (χ0) is 23.4.